The van der Waals surface area contributed by atoms with Crippen molar-refractivity contribution in [2.45, 2.75) is 20.0 Å². The van der Waals surface area contributed by atoms with Gasteiger partial charge in [0.25, 0.3) is 0 Å². The molecule has 110 valence electrons. The van der Waals surface area contributed by atoms with Crippen molar-refractivity contribution in [3.05, 3.63) is 59.7 Å². The van der Waals surface area contributed by atoms with Gasteiger partial charge in [-0.15, -0.1) is 0 Å². The summed E-state index contributed by atoms with van der Waals surface area (Å²) in [4.78, 5) is 0.346. The first-order valence-corrected chi connectivity index (χ1v) is 7.31. The van der Waals surface area contributed by atoms with Crippen LogP contribution in [0.15, 0.2) is 48.5 Å². The van der Waals surface area contributed by atoms with Gasteiger partial charge in [0.1, 0.15) is 11.1 Å². The molecule has 1 atom stereocenters. The Bertz CT molecular complexity index is 613. The van der Waals surface area contributed by atoms with Crippen molar-refractivity contribution < 1.29 is 9.47 Å². The van der Waals surface area contributed by atoms with E-state index in [9.17, 15) is 0 Å². The van der Waals surface area contributed by atoms with Gasteiger partial charge in [0.05, 0.1) is 6.61 Å². The Kier molecular flexibility index (Phi) is 5.17. The number of hydrogen-bond acceptors (Lipinski definition) is 3. The van der Waals surface area contributed by atoms with E-state index in [1.807, 2.05) is 62.4 Å². The summed E-state index contributed by atoms with van der Waals surface area (Å²) in [7, 11) is 0. The lowest BCUT2D eigenvalue weighted by molar-refractivity contribution is 0.211. The summed E-state index contributed by atoms with van der Waals surface area (Å²) in [5.41, 5.74) is 7.54. The van der Waals surface area contributed by atoms with E-state index in [0.717, 1.165) is 11.1 Å². The van der Waals surface area contributed by atoms with E-state index >= 15 is 0 Å². The van der Waals surface area contributed by atoms with Crippen LogP contribution in [0.5, 0.6) is 11.5 Å². The number of thiocarbonyl (C=S) groups is 1. The maximum atomic E-state index is 6.01. The number of benzene rings is 2. The third-order valence-electron chi connectivity index (χ3n) is 3.10. The molecule has 3 nitrogen and oxygen atoms in total. The van der Waals surface area contributed by atoms with Crippen LogP contribution in [0.1, 0.15) is 31.1 Å². The van der Waals surface area contributed by atoms with Crippen LogP contribution in [-0.2, 0) is 0 Å². The van der Waals surface area contributed by atoms with E-state index in [-0.39, 0.29) is 6.10 Å². The largest absolute Gasteiger partial charge is 0.490 e. The molecule has 0 amide bonds. The highest BCUT2D eigenvalue weighted by molar-refractivity contribution is 7.80. The van der Waals surface area contributed by atoms with Crippen molar-refractivity contribution >= 4 is 17.2 Å². The second kappa shape index (κ2) is 7.09. The summed E-state index contributed by atoms with van der Waals surface area (Å²) in [6, 6.07) is 15.6. The van der Waals surface area contributed by atoms with Gasteiger partial charge in [-0.25, -0.2) is 0 Å². The molecule has 21 heavy (non-hydrogen) atoms. The minimum absolute atomic E-state index is 0.0684. The molecule has 0 aliphatic heterocycles. The molecule has 0 aliphatic carbocycles. The first-order chi connectivity index (χ1) is 10.1. The van der Waals surface area contributed by atoms with Gasteiger partial charge in [-0.05, 0) is 37.6 Å². The van der Waals surface area contributed by atoms with Crippen molar-refractivity contribution in [1.29, 1.82) is 0 Å². The van der Waals surface area contributed by atoms with Gasteiger partial charge in [0.15, 0.2) is 11.5 Å². The third-order valence-corrected chi connectivity index (χ3v) is 3.34. The molecule has 0 spiro atoms. The molecular formula is C17H19NO2S. The first-order valence-electron chi connectivity index (χ1n) is 6.90. The van der Waals surface area contributed by atoms with Gasteiger partial charge in [-0.3, -0.25) is 0 Å². The lowest BCUT2D eigenvalue weighted by Gasteiger charge is -2.18. The smallest absolute Gasteiger partial charge is 0.162 e. The first kappa shape index (κ1) is 15.3. The van der Waals surface area contributed by atoms with Gasteiger partial charge in [-0.2, -0.15) is 0 Å². The van der Waals surface area contributed by atoms with Crippen LogP contribution in [0.25, 0.3) is 0 Å². The lowest BCUT2D eigenvalue weighted by Crippen LogP contribution is -2.10. The zero-order valence-corrected chi connectivity index (χ0v) is 13.0. The summed E-state index contributed by atoms with van der Waals surface area (Å²) in [6.07, 6.45) is -0.0684. The van der Waals surface area contributed by atoms with Gasteiger partial charge < -0.3 is 15.2 Å². The van der Waals surface area contributed by atoms with E-state index in [4.69, 9.17) is 27.4 Å². The molecule has 0 fully saturated rings. The van der Waals surface area contributed by atoms with Gasteiger partial charge in [-0.1, -0.05) is 42.5 Å². The minimum Gasteiger partial charge on any atom is -0.490 e. The summed E-state index contributed by atoms with van der Waals surface area (Å²) in [5.74, 6) is 1.35. The Hall–Kier alpha value is -2.07. The standard InChI is InChI=1S/C17H19NO2S/c1-3-19-16-11-14(17(18)21)9-10-15(16)20-12(2)13-7-5-4-6-8-13/h4-12H,3H2,1-2H3,(H2,18,21). The fourth-order valence-electron chi connectivity index (χ4n) is 2.01. The highest BCUT2D eigenvalue weighted by Gasteiger charge is 2.12. The van der Waals surface area contributed by atoms with E-state index in [1.54, 1.807) is 0 Å². The minimum atomic E-state index is -0.0684. The van der Waals surface area contributed by atoms with Crippen LogP contribution in [0, 0.1) is 0 Å². The SMILES string of the molecule is CCOc1cc(C(N)=S)ccc1OC(C)c1ccccc1. The fourth-order valence-corrected chi connectivity index (χ4v) is 2.14. The summed E-state index contributed by atoms with van der Waals surface area (Å²) in [6.45, 7) is 4.49. The van der Waals surface area contributed by atoms with Gasteiger partial charge >= 0.3 is 0 Å². The Morgan fingerprint density at radius 3 is 2.48 bits per heavy atom. The normalized spacial score (nSPS) is 11.7. The van der Waals surface area contributed by atoms with Crippen molar-refractivity contribution in [2.75, 3.05) is 6.61 Å². The maximum absolute atomic E-state index is 6.01. The molecule has 1 unspecified atom stereocenters. The molecule has 2 N–H and O–H groups in total. The Morgan fingerprint density at radius 2 is 1.86 bits per heavy atom. The molecule has 2 aromatic rings. The van der Waals surface area contributed by atoms with Crippen molar-refractivity contribution in [2.24, 2.45) is 5.73 Å². The average molecular weight is 301 g/mol. The highest BCUT2D eigenvalue weighted by Crippen LogP contribution is 2.32. The summed E-state index contributed by atoms with van der Waals surface area (Å²) >= 11 is 4.99. The molecular weight excluding hydrogens is 282 g/mol. The second-order valence-electron chi connectivity index (χ2n) is 4.63. The number of rotatable bonds is 6. The second-order valence-corrected chi connectivity index (χ2v) is 5.07. The summed E-state index contributed by atoms with van der Waals surface area (Å²) in [5, 5.41) is 0. The molecule has 0 saturated heterocycles. The molecule has 0 saturated carbocycles. The molecule has 0 heterocycles. The van der Waals surface area contributed by atoms with E-state index in [0.29, 0.717) is 23.1 Å². The van der Waals surface area contributed by atoms with Crippen LogP contribution < -0.4 is 15.2 Å². The Morgan fingerprint density at radius 1 is 1.14 bits per heavy atom. The van der Waals surface area contributed by atoms with E-state index in [1.165, 1.54) is 0 Å². The average Bonchev–Trinajstić information content (AvgIpc) is 2.50. The molecule has 2 aromatic carbocycles. The van der Waals surface area contributed by atoms with Crippen LogP contribution in [0.3, 0.4) is 0 Å². The quantitative estimate of drug-likeness (QED) is 0.823. The number of nitrogens with two attached hydrogens (primary N) is 1. The van der Waals surface area contributed by atoms with Crippen LogP contribution in [0.2, 0.25) is 0 Å². The van der Waals surface area contributed by atoms with E-state index in [2.05, 4.69) is 0 Å². The molecule has 0 aromatic heterocycles. The highest BCUT2D eigenvalue weighted by atomic mass is 32.1. The summed E-state index contributed by atoms with van der Waals surface area (Å²) < 4.78 is 11.6. The van der Waals surface area contributed by atoms with Crippen molar-refractivity contribution in [3.63, 3.8) is 0 Å². The lowest BCUT2D eigenvalue weighted by atomic mass is 10.1. The third kappa shape index (κ3) is 3.95. The number of ether oxygens (including phenoxy) is 2. The molecule has 0 aliphatic rings. The fraction of sp³-hybridized carbons (Fsp3) is 0.235. The monoisotopic (exact) mass is 301 g/mol. The number of hydrogen-bond donors (Lipinski definition) is 1. The predicted molar refractivity (Wildman–Crippen MR) is 89.0 cm³/mol. The predicted octanol–water partition coefficient (Wildman–Crippen LogP) is 3.86. The Balaban J connectivity index is 2.24. The van der Waals surface area contributed by atoms with E-state index < -0.39 is 0 Å². The van der Waals surface area contributed by atoms with Crippen LogP contribution in [-0.4, -0.2) is 11.6 Å². The zero-order valence-electron chi connectivity index (χ0n) is 12.2. The van der Waals surface area contributed by atoms with Gasteiger partial charge in [0.2, 0.25) is 0 Å². The molecule has 0 radical (unpaired) electrons. The topological polar surface area (TPSA) is 44.5 Å². The van der Waals surface area contributed by atoms with Crippen LogP contribution >= 0.6 is 12.2 Å². The zero-order chi connectivity index (χ0) is 15.2. The van der Waals surface area contributed by atoms with Crippen molar-refractivity contribution in [3.8, 4) is 11.5 Å². The molecule has 4 heteroatoms. The van der Waals surface area contributed by atoms with Crippen molar-refractivity contribution in [1.82, 2.24) is 0 Å². The molecule has 2 rings (SSSR count). The van der Waals surface area contributed by atoms with Crippen LogP contribution in [0.4, 0.5) is 0 Å². The van der Waals surface area contributed by atoms with Gasteiger partial charge in [0, 0.05) is 5.56 Å². The maximum Gasteiger partial charge on any atom is 0.162 e. The molecule has 0 bridgehead atoms. The Labute approximate surface area is 130 Å².